The Bertz CT molecular complexity index is 826. The predicted octanol–water partition coefficient (Wildman–Crippen LogP) is 2.42. The summed E-state index contributed by atoms with van der Waals surface area (Å²) in [7, 11) is -4.62. The highest BCUT2D eigenvalue weighted by atomic mass is 31.2. The van der Waals surface area contributed by atoms with Gasteiger partial charge in [0.1, 0.15) is 5.30 Å². The first-order chi connectivity index (χ1) is 11.9. The number of hydrogen-bond donors (Lipinski definition) is 3. The van der Waals surface area contributed by atoms with Gasteiger partial charge in [-0.3, -0.25) is 9.36 Å². The van der Waals surface area contributed by atoms with Crippen molar-refractivity contribution in [3.05, 3.63) is 40.7 Å². The van der Waals surface area contributed by atoms with Gasteiger partial charge in [-0.1, -0.05) is 19.9 Å². The second-order valence-corrected chi connectivity index (χ2v) is 7.03. The normalized spacial score (nSPS) is 11.4. The Morgan fingerprint density at radius 2 is 1.72 bits per heavy atom. The molecule has 1 aromatic carbocycles. The van der Waals surface area contributed by atoms with Crippen LogP contribution in [0.25, 0.3) is 11.3 Å². The first kappa shape index (κ1) is 19.2. The molecule has 2 rings (SSSR count). The molecule has 0 saturated heterocycles. The molecule has 8 heteroatoms. The van der Waals surface area contributed by atoms with Crippen LogP contribution in [0.3, 0.4) is 0 Å². The van der Waals surface area contributed by atoms with E-state index in [0.717, 1.165) is 18.9 Å². The van der Waals surface area contributed by atoms with Crippen LogP contribution >= 0.6 is 7.60 Å². The zero-order valence-corrected chi connectivity index (χ0v) is 15.1. The molecule has 25 heavy (non-hydrogen) atoms. The fraction of sp³-hybridized carbons (Fsp3) is 0.353. The fourth-order valence-electron chi connectivity index (χ4n) is 2.26. The third kappa shape index (κ3) is 4.72. The second kappa shape index (κ2) is 8.34. The first-order valence-electron chi connectivity index (χ1n) is 8.06. The highest BCUT2D eigenvalue weighted by molar-refractivity contribution is 7.60. The minimum atomic E-state index is -4.62. The second-order valence-electron chi connectivity index (χ2n) is 5.46. The van der Waals surface area contributed by atoms with E-state index < -0.39 is 18.5 Å². The SMILES string of the molecule is CCCOc1cccc(-c2ccc(P(=O)(O)O)c(=O)[nH]2)c1OCCC. The quantitative estimate of drug-likeness (QED) is 0.618. The minimum absolute atomic E-state index is 0.398. The van der Waals surface area contributed by atoms with Crippen molar-refractivity contribution in [1.82, 2.24) is 4.98 Å². The van der Waals surface area contributed by atoms with Crippen molar-refractivity contribution in [1.29, 1.82) is 0 Å². The number of benzene rings is 1. The van der Waals surface area contributed by atoms with Crippen LogP contribution in [-0.2, 0) is 4.57 Å². The molecule has 136 valence electrons. The van der Waals surface area contributed by atoms with E-state index in [1.807, 2.05) is 13.8 Å². The molecule has 0 fully saturated rings. The van der Waals surface area contributed by atoms with Crippen LogP contribution < -0.4 is 20.3 Å². The summed E-state index contributed by atoms with van der Waals surface area (Å²) in [5.74, 6) is 1.06. The van der Waals surface area contributed by atoms with Gasteiger partial charge in [0.25, 0.3) is 5.56 Å². The monoisotopic (exact) mass is 367 g/mol. The van der Waals surface area contributed by atoms with Crippen molar-refractivity contribution in [2.45, 2.75) is 26.7 Å². The molecular weight excluding hydrogens is 345 g/mol. The molecule has 0 radical (unpaired) electrons. The van der Waals surface area contributed by atoms with Gasteiger partial charge in [-0.05, 0) is 37.1 Å². The van der Waals surface area contributed by atoms with Gasteiger partial charge in [0.05, 0.1) is 18.9 Å². The lowest BCUT2D eigenvalue weighted by molar-refractivity contribution is 0.269. The van der Waals surface area contributed by atoms with Crippen molar-refractivity contribution in [2.75, 3.05) is 13.2 Å². The molecule has 1 aromatic heterocycles. The van der Waals surface area contributed by atoms with Crippen LogP contribution in [0.4, 0.5) is 0 Å². The lowest BCUT2D eigenvalue weighted by Gasteiger charge is -2.16. The standard InChI is InChI=1S/C17H22NO6P/c1-3-10-23-14-7-5-6-12(16(14)24-11-4-2)13-8-9-15(17(19)18-13)25(20,21)22/h5-9H,3-4,10-11H2,1-2H3,(H,18,19)(H2,20,21,22). The number of aromatic amines is 1. The molecule has 0 aliphatic heterocycles. The summed E-state index contributed by atoms with van der Waals surface area (Å²) in [6.07, 6.45) is 1.64. The van der Waals surface area contributed by atoms with Gasteiger partial charge in [-0.15, -0.1) is 0 Å². The van der Waals surface area contributed by atoms with Crippen LogP contribution in [0.2, 0.25) is 0 Å². The van der Waals surface area contributed by atoms with Crippen LogP contribution in [0.15, 0.2) is 35.1 Å². The average molecular weight is 367 g/mol. The van der Waals surface area contributed by atoms with E-state index in [4.69, 9.17) is 9.47 Å². The fourth-order valence-corrected chi connectivity index (χ4v) is 2.85. The Hall–Kier alpha value is -2.08. The summed E-state index contributed by atoms with van der Waals surface area (Å²) in [6.45, 7) is 4.98. The summed E-state index contributed by atoms with van der Waals surface area (Å²) in [6, 6.07) is 7.90. The number of para-hydroxylation sites is 1. The largest absolute Gasteiger partial charge is 0.490 e. The highest BCUT2D eigenvalue weighted by Gasteiger charge is 2.22. The van der Waals surface area contributed by atoms with Gasteiger partial charge >= 0.3 is 7.60 Å². The Balaban J connectivity index is 2.52. The number of pyridine rings is 1. The van der Waals surface area contributed by atoms with E-state index in [2.05, 4.69) is 4.98 Å². The minimum Gasteiger partial charge on any atom is -0.490 e. The first-order valence-corrected chi connectivity index (χ1v) is 9.68. The van der Waals surface area contributed by atoms with Crippen LogP contribution in [0, 0.1) is 0 Å². The van der Waals surface area contributed by atoms with E-state index in [-0.39, 0.29) is 0 Å². The van der Waals surface area contributed by atoms with Crippen molar-refractivity contribution in [2.24, 2.45) is 0 Å². The highest BCUT2D eigenvalue weighted by Crippen LogP contribution is 2.38. The van der Waals surface area contributed by atoms with E-state index in [0.29, 0.717) is 36.0 Å². The average Bonchev–Trinajstić information content (AvgIpc) is 2.57. The summed E-state index contributed by atoms with van der Waals surface area (Å²) in [4.78, 5) is 32.9. The number of H-pyrrole nitrogens is 1. The molecule has 1 heterocycles. The summed E-state index contributed by atoms with van der Waals surface area (Å²) < 4.78 is 22.8. The number of aromatic nitrogens is 1. The van der Waals surface area contributed by atoms with Crippen LogP contribution in [-0.4, -0.2) is 28.0 Å². The lowest BCUT2D eigenvalue weighted by Crippen LogP contribution is -2.27. The Kier molecular flexibility index (Phi) is 6.42. The van der Waals surface area contributed by atoms with Gasteiger partial charge in [-0.2, -0.15) is 0 Å². The zero-order chi connectivity index (χ0) is 18.4. The maximum absolute atomic E-state index is 12.0. The molecule has 7 nitrogen and oxygen atoms in total. The Labute approximate surface area is 145 Å². The topological polar surface area (TPSA) is 109 Å². The van der Waals surface area contributed by atoms with Gasteiger partial charge in [0.2, 0.25) is 0 Å². The maximum Gasteiger partial charge on any atom is 0.361 e. The zero-order valence-electron chi connectivity index (χ0n) is 14.2. The molecule has 0 spiro atoms. The Morgan fingerprint density at radius 3 is 2.32 bits per heavy atom. The van der Waals surface area contributed by atoms with Crippen molar-refractivity contribution >= 4 is 12.9 Å². The number of rotatable bonds is 8. The van der Waals surface area contributed by atoms with E-state index in [1.165, 1.54) is 6.07 Å². The van der Waals surface area contributed by atoms with Crippen molar-refractivity contribution in [3.63, 3.8) is 0 Å². The molecule has 0 aliphatic rings. The lowest BCUT2D eigenvalue weighted by atomic mass is 10.1. The molecule has 3 N–H and O–H groups in total. The third-order valence-electron chi connectivity index (χ3n) is 3.38. The summed E-state index contributed by atoms with van der Waals surface area (Å²) in [5.41, 5.74) is 0.166. The van der Waals surface area contributed by atoms with E-state index in [1.54, 1.807) is 18.2 Å². The molecular formula is C17H22NO6P. The number of nitrogens with one attached hydrogen (secondary N) is 1. The molecule has 2 aromatic rings. The molecule has 0 bridgehead atoms. The summed E-state index contributed by atoms with van der Waals surface area (Å²) >= 11 is 0. The predicted molar refractivity (Wildman–Crippen MR) is 95.7 cm³/mol. The summed E-state index contributed by atoms with van der Waals surface area (Å²) in [5, 5.41) is -0.564. The van der Waals surface area contributed by atoms with Gasteiger partial charge in [0.15, 0.2) is 11.5 Å². The van der Waals surface area contributed by atoms with E-state index in [9.17, 15) is 19.1 Å². The van der Waals surface area contributed by atoms with Crippen molar-refractivity contribution in [3.8, 4) is 22.8 Å². The molecule has 0 amide bonds. The maximum atomic E-state index is 12.0. The van der Waals surface area contributed by atoms with Crippen molar-refractivity contribution < 1.29 is 23.8 Å². The Morgan fingerprint density at radius 1 is 1.04 bits per heavy atom. The van der Waals surface area contributed by atoms with Crippen LogP contribution in [0.1, 0.15) is 26.7 Å². The molecule has 0 unspecified atom stereocenters. The number of ether oxygens (including phenoxy) is 2. The molecule has 0 aliphatic carbocycles. The smallest absolute Gasteiger partial charge is 0.361 e. The van der Waals surface area contributed by atoms with Gasteiger partial charge < -0.3 is 24.2 Å². The number of hydrogen-bond acceptors (Lipinski definition) is 4. The third-order valence-corrected chi connectivity index (χ3v) is 4.36. The molecule has 0 atom stereocenters. The van der Waals surface area contributed by atoms with Crippen LogP contribution in [0.5, 0.6) is 11.5 Å². The van der Waals surface area contributed by atoms with Gasteiger partial charge in [0, 0.05) is 5.56 Å². The van der Waals surface area contributed by atoms with E-state index >= 15 is 0 Å². The molecule has 0 saturated carbocycles. The van der Waals surface area contributed by atoms with Gasteiger partial charge in [-0.25, -0.2) is 0 Å².